The Labute approximate surface area is 222 Å². The molecule has 0 heterocycles. The van der Waals surface area contributed by atoms with Gasteiger partial charge in [-0.2, -0.15) is 10.4 Å². The number of ether oxygens (including phenoxy) is 2. The number of hydrazone groups is 1. The summed E-state index contributed by atoms with van der Waals surface area (Å²) in [5.74, 6) is -0.835. The number of amides is 2. The van der Waals surface area contributed by atoms with Crippen LogP contribution in [0.15, 0.2) is 70.2 Å². The lowest BCUT2D eigenvalue weighted by Crippen LogP contribution is -2.32. The fourth-order valence-corrected chi connectivity index (χ4v) is 3.80. The average Bonchev–Trinajstić information content (AvgIpc) is 2.86. The van der Waals surface area contributed by atoms with Crippen LogP contribution < -0.4 is 20.2 Å². The van der Waals surface area contributed by atoms with Gasteiger partial charge in [-0.1, -0.05) is 41.9 Å². The highest BCUT2D eigenvalue weighted by atomic mass is 79.9. The third kappa shape index (κ3) is 7.57. The minimum Gasteiger partial charge on any atom is -0.490 e. The van der Waals surface area contributed by atoms with Gasteiger partial charge in [-0.05, 0) is 64.3 Å². The van der Waals surface area contributed by atoms with E-state index in [1.807, 2.05) is 31.2 Å². The van der Waals surface area contributed by atoms with Crippen molar-refractivity contribution in [2.75, 3.05) is 11.9 Å². The first-order valence-electron chi connectivity index (χ1n) is 10.8. The molecule has 3 rings (SSSR count). The normalized spacial score (nSPS) is 10.5. The van der Waals surface area contributed by atoms with Crippen LogP contribution in [0.3, 0.4) is 0 Å². The third-order valence-corrected chi connectivity index (χ3v) is 5.70. The van der Waals surface area contributed by atoms with Crippen molar-refractivity contribution in [2.24, 2.45) is 5.10 Å². The summed E-state index contributed by atoms with van der Waals surface area (Å²) >= 11 is 9.70. The Hall–Kier alpha value is -3.87. The zero-order chi connectivity index (χ0) is 25.9. The van der Waals surface area contributed by atoms with E-state index in [4.69, 9.17) is 26.3 Å². The molecule has 0 saturated heterocycles. The minimum atomic E-state index is -0.934. The second-order valence-electron chi connectivity index (χ2n) is 7.33. The minimum absolute atomic E-state index is 0.248. The van der Waals surface area contributed by atoms with Crippen molar-refractivity contribution in [3.05, 3.63) is 86.8 Å². The number of nitrogens with zero attached hydrogens (tertiary/aromatic N) is 2. The predicted molar refractivity (Wildman–Crippen MR) is 141 cm³/mol. The molecule has 184 valence electrons. The Morgan fingerprint density at radius 2 is 1.86 bits per heavy atom. The summed E-state index contributed by atoms with van der Waals surface area (Å²) in [6, 6.07) is 19.5. The van der Waals surface area contributed by atoms with Gasteiger partial charge < -0.3 is 14.8 Å². The highest BCUT2D eigenvalue weighted by Gasteiger charge is 2.15. The van der Waals surface area contributed by atoms with Crippen molar-refractivity contribution in [1.29, 1.82) is 5.26 Å². The Kier molecular flexibility index (Phi) is 9.86. The van der Waals surface area contributed by atoms with Crippen molar-refractivity contribution >= 4 is 51.2 Å². The smallest absolute Gasteiger partial charge is 0.329 e. The van der Waals surface area contributed by atoms with Gasteiger partial charge in [-0.15, -0.1) is 0 Å². The molecule has 0 aliphatic carbocycles. The maximum absolute atomic E-state index is 12.1. The summed E-state index contributed by atoms with van der Waals surface area (Å²) in [7, 11) is 0. The number of hydrogen-bond donors (Lipinski definition) is 2. The standard InChI is InChI=1S/C26H22BrClN4O4/c1-2-35-23-14-18(13-21(27)24(23)36-16-19-5-3-4-6-22(19)28)15-30-32-26(34)25(33)31-20-9-7-17(8-10-20)11-12-29/h3-10,13-15H,2,11,16H2,1H3,(H,31,33)(H,32,34). The summed E-state index contributed by atoms with van der Waals surface area (Å²) < 4.78 is 12.3. The molecule has 3 aromatic rings. The van der Waals surface area contributed by atoms with Gasteiger partial charge in [0.05, 0.1) is 29.8 Å². The Bertz CT molecular complexity index is 1310. The number of halogens is 2. The van der Waals surface area contributed by atoms with E-state index in [0.29, 0.717) is 38.9 Å². The van der Waals surface area contributed by atoms with E-state index in [9.17, 15) is 9.59 Å². The van der Waals surface area contributed by atoms with Crippen LogP contribution >= 0.6 is 27.5 Å². The van der Waals surface area contributed by atoms with Gasteiger partial charge in [-0.3, -0.25) is 9.59 Å². The first kappa shape index (κ1) is 26.7. The summed E-state index contributed by atoms with van der Waals surface area (Å²) in [5.41, 5.74) is 4.86. The van der Waals surface area contributed by atoms with E-state index in [2.05, 4.69) is 31.8 Å². The number of anilines is 1. The fraction of sp³-hybridized carbons (Fsp3) is 0.154. The number of nitrogens with one attached hydrogen (secondary N) is 2. The Morgan fingerprint density at radius 1 is 1.11 bits per heavy atom. The van der Waals surface area contributed by atoms with E-state index in [1.54, 1.807) is 42.5 Å². The molecule has 0 aliphatic heterocycles. The van der Waals surface area contributed by atoms with Crippen molar-refractivity contribution in [3.63, 3.8) is 0 Å². The van der Waals surface area contributed by atoms with Crippen molar-refractivity contribution < 1.29 is 19.1 Å². The van der Waals surface area contributed by atoms with Gasteiger partial charge in [0.25, 0.3) is 0 Å². The van der Waals surface area contributed by atoms with E-state index in [0.717, 1.165) is 11.1 Å². The fourth-order valence-electron chi connectivity index (χ4n) is 3.03. The Morgan fingerprint density at radius 3 is 2.56 bits per heavy atom. The van der Waals surface area contributed by atoms with Crippen LogP contribution in [-0.4, -0.2) is 24.6 Å². The molecule has 0 radical (unpaired) electrons. The van der Waals surface area contributed by atoms with Crippen molar-refractivity contribution in [3.8, 4) is 17.6 Å². The van der Waals surface area contributed by atoms with Crippen molar-refractivity contribution in [1.82, 2.24) is 5.43 Å². The SMILES string of the molecule is CCOc1cc(C=NNC(=O)C(=O)Nc2ccc(CC#N)cc2)cc(Br)c1OCc1ccccc1Cl. The van der Waals surface area contributed by atoms with E-state index in [1.165, 1.54) is 6.21 Å². The molecule has 0 saturated carbocycles. The predicted octanol–water partition coefficient (Wildman–Crippen LogP) is 5.24. The monoisotopic (exact) mass is 568 g/mol. The van der Waals surface area contributed by atoms with Gasteiger partial charge in [0, 0.05) is 16.3 Å². The summed E-state index contributed by atoms with van der Waals surface area (Å²) in [5, 5.41) is 15.7. The quantitative estimate of drug-likeness (QED) is 0.208. The first-order valence-corrected chi connectivity index (χ1v) is 12.0. The highest BCUT2D eigenvalue weighted by molar-refractivity contribution is 9.10. The molecule has 36 heavy (non-hydrogen) atoms. The van der Waals surface area contributed by atoms with E-state index < -0.39 is 11.8 Å². The molecule has 0 unspecified atom stereocenters. The van der Waals surface area contributed by atoms with Crippen LogP contribution in [0, 0.1) is 11.3 Å². The third-order valence-electron chi connectivity index (χ3n) is 4.74. The molecule has 0 fully saturated rings. The average molecular weight is 570 g/mol. The van der Waals surface area contributed by atoms with Gasteiger partial charge in [0.1, 0.15) is 6.61 Å². The maximum atomic E-state index is 12.1. The first-order chi connectivity index (χ1) is 17.4. The molecule has 2 N–H and O–H groups in total. The zero-order valence-corrected chi connectivity index (χ0v) is 21.6. The van der Waals surface area contributed by atoms with E-state index in [-0.39, 0.29) is 13.0 Å². The Balaban J connectivity index is 1.63. The van der Waals surface area contributed by atoms with Crippen molar-refractivity contribution in [2.45, 2.75) is 20.0 Å². The number of hydrogen-bond acceptors (Lipinski definition) is 6. The van der Waals surface area contributed by atoms with E-state index >= 15 is 0 Å². The summed E-state index contributed by atoms with van der Waals surface area (Å²) in [6.45, 7) is 2.50. The number of carbonyl (C=O) groups excluding carboxylic acids is 2. The van der Waals surface area contributed by atoms with Gasteiger partial charge >= 0.3 is 11.8 Å². The number of benzene rings is 3. The second-order valence-corrected chi connectivity index (χ2v) is 8.59. The molecule has 0 spiro atoms. The zero-order valence-electron chi connectivity index (χ0n) is 19.3. The molecule has 2 amide bonds. The molecule has 0 bridgehead atoms. The van der Waals surface area contributed by atoms with Crippen LogP contribution in [0.25, 0.3) is 0 Å². The van der Waals surface area contributed by atoms with Crippen LogP contribution in [0.5, 0.6) is 11.5 Å². The van der Waals surface area contributed by atoms with Gasteiger partial charge in [-0.25, -0.2) is 5.43 Å². The molecule has 10 heteroatoms. The van der Waals surface area contributed by atoms with Crippen LogP contribution in [0.4, 0.5) is 5.69 Å². The van der Waals surface area contributed by atoms with Crippen LogP contribution in [-0.2, 0) is 22.6 Å². The number of nitriles is 1. The van der Waals surface area contributed by atoms with Gasteiger partial charge in [0.15, 0.2) is 11.5 Å². The lowest BCUT2D eigenvalue weighted by atomic mass is 10.1. The molecule has 0 atom stereocenters. The lowest BCUT2D eigenvalue weighted by Gasteiger charge is -2.15. The largest absolute Gasteiger partial charge is 0.490 e. The molecule has 8 nitrogen and oxygen atoms in total. The second kappa shape index (κ2) is 13.3. The topological polar surface area (TPSA) is 113 Å². The molecule has 0 aliphatic rings. The molecule has 0 aromatic heterocycles. The van der Waals surface area contributed by atoms with Gasteiger partial charge in [0.2, 0.25) is 0 Å². The number of carbonyl (C=O) groups is 2. The summed E-state index contributed by atoms with van der Waals surface area (Å²) in [6.07, 6.45) is 1.64. The molecular formula is C26H22BrClN4O4. The number of rotatable bonds is 9. The molecule has 3 aromatic carbocycles. The van der Waals surface area contributed by atoms with Crippen LogP contribution in [0.1, 0.15) is 23.6 Å². The lowest BCUT2D eigenvalue weighted by molar-refractivity contribution is -0.136. The maximum Gasteiger partial charge on any atom is 0.329 e. The summed E-state index contributed by atoms with van der Waals surface area (Å²) in [4.78, 5) is 24.2. The molecular weight excluding hydrogens is 548 g/mol. The highest BCUT2D eigenvalue weighted by Crippen LogP contribution is 2.37. The van der Waals surface area contributed by atoms with Crippen LogP contribution in [0.2, 0.25) is 5.02 Å².